The summed E-state index contributed by atoms with van der Waals surface area (Å²) < 4.78 is 27.1. The van der Waals surface area contributed by atoms with Crippen molar-refractivity contribution in [2.45, 2.75) is 43.5 Å². The van der Waals surface area contributed by atoms with E-state index >= 15 is 0 Å². The summed E-state index contributed by atoms with van der Waals surface area (Å²) in [7, 11) is -3.53. The number of hydrogen-bond acceptors (Lipinski definition) is 5. The van der Waals surface area contributed by atoms with E-state index in [1.54, 1.807) is 12.1 Å². The second-order valence-corrected chi connectivity index (χ2v) is 9.31. The number of nitrogens with one attached hydrogen (secondary N) is 2. The van der Waals surface area contributed by atoms with Crippen LogP contribution in [-0.2, 0) is 21.2 Å². The first-order valence-corrected chi connectivity index (χ1v) is 11.2. The Balaban J connectivity index is 1.48. The molecule has 28 heavy (non-hydrogen) atoms. The van der Waals surface area contributed by atoms with Gasteiger partial charge in [0.2, 0.25) is 15.9 Å². The van der Waals surface area contributed by atoms with Crippen molar-refractivity contribution in [3.05, 3.63) is 29.8 Å². The molecule has 1 saturated heterocycles. The Morgan fingerprint density at radius 3 is 2.29 bits per heavy atom. The van der Waals surface area contributed by atoms with E-state index in [4.69, 9.17) is 0 Å². The quantitative estimate of drug-likeness (QED) is 0.699. The van der Waals surface area contributed by atoms with Crippen LogP contribution in [0.1, 0.15) is 31.7 Å². The maximum Gasteiger partial charge on any atom is 0.321 e. The lowest BCUT2D eigenvalue weighted by atomic mass is 10.1. The summed E-state index contributed by atoms with van der Waals surface area (Å²) in [6.07, 6.45) is 3.86. The fourth-order valence-electron chi connectivity index (χ4n) is 3.21. The first-order valence-electron chi connectivity index (χ1n) is 9.80. The van der Waals surface area contributed by atoms with Gasteiger partial charge in [-0.05, 0) is 37.0 Å². The van der Waals surface area contributed by atoms with Crippen molar-refractivity contribution in [1.82, 2.24) is 19.8 Å². The first kappa shape index (κ1) is 20.8. The van der Waals surface area contributed by atoms with Gasteiger partial charge in [0, 0.05) is 32.2 Å². The van der Waals surface area contributed by atoms with Crippen molar-refractivity contribution in [3.8, 4) is 0 Å². The number of aryl methyl sites for hydroxylation is 1. The van der Waals surface area contributed by atoms with E-state index in [1.165, 1.54) is 4.31 Å². The summed E-state index contributed by atoms with van der Waals surface area (Å²) >= 11 is 0. The van der Waals surface area contributed by atoms with Gasteiger partial charge in [0.15, 0.2) is 0 Å². The molecule has 1 heterocycles. The van der Waals surface area contributed by atoms with E-state index in [0.29, 0.717) is 31.1 Å². The molecule has 0 atom stereocenters. The highest BCUT2D eigenvalue weighted by Gasteiger charge is 2.29. The van der Waals surface area contributed by atoms with Crippen LogP contribution >= 0.6 is 0 Å². The fourth-order valence-corrected chi connectivity index (χ4v) is 4.63. The molecule has 3 amide bonds. The van der Waals surface area contributed by atoms with Crippen LogP contribution in [-0.4, -0.2) is 68.3 Å². The molecule has 0 bridgehead atoms. The zero-order chi connectivity index (χ0) is 20.1. The molecule has 9 heteroatoms. The SMILES string of the molecule is CCCc1ccc(S(=O)(=O)N2CCN(CC(=O)NC(=O)NC3CC3)CC2)cc1. The zero-order valence-corrected chi connectivity index (χ0v) is 17.0. The number of urea groups is 1. The Morgan fingerprint density at radius 2 is 1.71 bits per heavy atom. The Labute approximate surface area is 166 Å². The number of amides is 3. The van der Waals surface area contributed by atoms with Crippen LogP contribution in [0.3, 0.4) is 0 Å². The van der Waals surface area contributed by atoms with Crippen molar-refractivity contribution < 1.29 is 18.0 Å². The smallest absolute Gasteiger partial charge is 0.321 e. The highest BCUT2D eigenvalue weighted by molar-refractivity contribution is 7.89. The van der Waals surface area contributed by atoms with Crippen LogP contribution < -0.4 is 10.6 Å². The lowest BCUT2D eigenvalue weighted by molar-refractivity contribution is -0.121. The minimum atomic E-state index is -3.53. The second-order valence-electron chi connectivity index (χ2n) is 7.37. The number of piperazine rings is 1. The normalized spacial score (nSPS) is 18.6. The zero-order valence-electron chi connectivity index (χ0n) is 16.2. The molecule has 154 valence electrons. The minimum Gasteiger partial charge on any atom is -0.335 e. The Bertz CT molecular complexity index is 798. The third-order valence-corrected chi connectivity index (χ3v) is 6.88. The molecule has 2 aliphatic rings. The molecule has 1 aromatic carbocycles. The summed E-state index contributed by atoms with van der Waals surface area (Å²) in [6, 6.07) is 6.79. The van der Waals surface area contributed by atoms with Crippen molar-refractivity contribution in [2.24, 2.45) is 0 Å². The number of hydrogen-bond donors (Lipinski definition) is 2. The number of carbonyl (C=O) groups is 2. The van der Waals surface area contributed by atoms with Gasteiger partial charge in [-0.25, -0.2) is 13.2 Å². The molecular formula is C19H28N4O4S. The van der Waals surface area contributed by atoms with E-state index in [9.17, 15) is 18.0 Å². The first-order chi connectivity index (χ1) is 13.4. The van der Waals surface area contributed by atoms with Gasteiger partial charge >= 0.3 is 6.03 Å². The maximum atomic E-state index is 12.8. The molecule has 1 aliphatic heterocycles. The van der Waals surface area contributed by atoms with Crippen LogP contribution in [0.25, 0.3) is 0 Å². The number of imide groups is 1. The summed E-state index contributed by atoms with van der Waals surface area (Å²) in [5.74, 6) is -0.374. The average molecular weight is 409 g/mol. The molecule has 1 saturated carbocycles. The van der Waals surface area contributed by atoms with Crippen LogP contribution in [0.4, 0.5) is 4.79 Å². The van der Waals surface area contributed by atoms with Gasteiger partial charge in [-0.3, -0.25) is 15.0 Å². The number of nitrogens with zero attached hydrogens (tertiary/aromatic N) is 2. The van der Waals surface area contributed by atoms with Gasteiger partial charge in [0.1, 0.15) is 0 Å². The highest BCUT2D eigenvalue weighted by Crippen LogP contribution is 2.19. The number of benzene rings is 1. The van der Waals surface area contributed by atoms with Gasteiger partial charge in [-0.15, -0.1) is 0 Å². The molecule has 2 N–H and O–H groups in total. The topological polar surface area (TPSA) is 98.8 Å². The molecule has 0 aromatic heterocycles. The average Bonchev–Trinajstić information content (AvgIpc) is 3.46. The van der Waals surface area contributed by atoms with Crippen LogP contribution in [0, 0.1) is 0 Å². The van der Waals surface area contributed by atoms with Gasteiger partial charge in [0.25, 0.3) is 0 Å². The summed E-state index contributed by atoms with van der Waals surface area (Å²) in [5, 5.41) is 5.02. The third-order valence-electron chi connectivity index (χ3n) is 4.96. The molecule has 8 nitrogen and oxygen atoms in total. The predicted octanol–water partition coefficient (Wildman–Crippen LogP) is 0.934. The van der Waals surface area contributed by atoms with Crippen LogP contribution in [0.5, 0.6) is 0 Å². The summed E-state index contributed by atoms with van der Waals surface area (Å²) in [6.45, 7) is 3.71. The van der Waals surface area contributed by atoms with E-state index in [0.717, 1.165) is 31.2 Å². The van der Waals surface area contributed by atoms with Crippen molar-refractivity contribution in [3.63, 3.8) is 0 Å². The van der Waals surface area contributed by atoms with E-state index < -0.39 is 16.1 Å². The summed E-state index contributed by atoms with van der Waals surface area (Å²) in [5.41, 5.74) is 1.13. The van der Waals surface area contributed by atoms with E-state index in [1.807, 2.05) is 17.0 Å². The van der Waals surface area contributed by atoms with Crippen LogP contribution in [0.2, 0.25) is 0 Å². The molecule has 3 rings (SSSR count). The molecule has 0 unspecified atom stereocenters. The summed E-state index contributed by atoms with van der Waals surface area (Å²) in [4.78, 5) is 25.7. The number of sulfonamides is 1. The Kier molecular flexibility index (Phi) is 6.69. The van der Waals surface area contributed by atoms with Crippen molar-refractivity contribution in [2.75, 3.05) is 32.7 Å². The van der Waals surface area contributed by atoms with Gasteiger partial charge in [-0.2, -0.15) is 4.31 Å². The standard InChI is InChI=1S/C19H28N4O4S/c1-2-3-15-4-8-17(9-5-15)28(26,27)23-12-10-22(11-13-23)14-18(24)21-19(25)20-16-6-7-16/h4-5,8-9,16H,2-3,6-7,10-14H2,1H3,(H2,20,21,24,25). The minimum absolute atomic E-state index is 0.0810. The Morgan fingerprint density at radius 1 is 1.07 bits per heavy atom. The number of carbonyl (C=O) groups excluding carboxylic acids is 2. The van der Waals surface area contributed by atoms with Crippen LogP contribution in [0.15, 0.2) is 29.2 Å². The molecule has 1 aliphatic carbocycles. The lowest BCUT2D eigenvalue weighted by Crippen LogP contribution is -2.52. The largest absolute Gasteiger partial charge is 0.335 e. The molecule has 0 spiro atoms. The van der Waals surface area contributed by atoms with E-state index in [2.05, 4.69) is 17.6 Å². The third kappa shape index (κ3) is 5.52. The molecule has 2 fully saturated rings. The van der Waals surface area contributed by atoms with Crippen molar-refractivity contribution in [1.29, 1.82) is 0 Å². The Hall–Kier alpha value is -1.97. The van der Waals surface area contributed by atoms with Gasteiger partial charge in [0.05, 0.1) is 11.4 Å². The van der Waals surface area contributed by atoms with E-state index in [-0.39, 0.29) is 18.5 Å². The highest BCUT2D eigenvalue weighted by atomic mass is 32.2. The molecule has 0 radical (unpaired) electrons. The van der Waals surface area contributed by atoms with Gasteiger partial charge < -0.3 is 5.32 Å². The monoisotopic (exact) mass is 408 g/mol. The lowest BCUT2D eigenvalue weighted by Gasteiger charge is -2.33. The van der Waals surface area contributed by atoms with Gasteiger partial charge in [-0.1, -0.05) is 25.5 Å². The second kappa shape index (κ2) is 9.02. The fraction of sp³-hybridized carbons (Fsp3) is 0.579. The maximum absolute atomic E-state index is 12.8. The molecular weight excluding hydrogens is 380 g/mol. The number of rotatable bonds is 7. The van der Waals surface area contributed by atoms with Crippen molar-refractivity contribution >= 4 is 22.0 Å². The molecule has 1 aromatic rings. The predicted molar refractivity (Wildman–Crippen MR) is 105 cm³/mol.